The van der Waals surface area contributed by atoms with Crippen LogP contribution in [0.4, 0.5) is 0 Å². The van der Waals surface area contributed by atoms with Crippen molar-refractivity contribution >= 4 is 35.4 Å². The van der Waals surface area contributed by atoms with Crippen LogP contribution in [0.15, 0.2) is 0 Å². The lowest BCUT2D eigenvalue weighted by Crippen LogP contribution is -2.48. The monoisotopic (exact) mass is 1010 g/mol. The number of carbonyl (C=O) groups excluding carboxylic acids is 6. The summed E-state index contributed by atoms with van der Waals surface area (Å²) in [6.45, 7) is 13.2. The van der Waals surface area contributed by atoms with Gasteiger partial charge >= 0.3 is 0 Å². The molecule has 6 fully saturated rings. The van der Waals surface area contributed by atoms with Crippen LogP contribution in [0.1, 0.15) is 260 Å². The Morgan fingerprint density at radius 3 is 0.944 bits per heavy atom. The first-order valence-electron chi connectivity index (χ1n) is 30.6. The fraction of sp³-hybridized carbons (Fsp3) is 0.900. The summed E-state index contributed by atoms with van der Waals surface area (Å²) in [5.41, 5.74) is 0. The summed E-state index contributed by atoms with van der Waals surface area (Å²) in [7, 11) is 0. The second kappa shape index (κ2) is 32.3. The summed E-state index contributed by atoms with van der Waals surface area (Å²) in [5, 5.41) is 19.4. The number of hydrogen-bond acceptors (Lipinski definition) is 6. The molecule has 0 spiro atoms. The minimum atomic E-state index is -0.614. The Kier molecular flexibility index (Phi) is 26.8. The molecule has 412 valence electrons. The average molecular weight is 1010 g/mol. The zero-order valence-corrected chi connectivity index (χ0v) is 46.6. The predicted molar refractivity (Wildman–Crippen MR) is 291 cm³/mol. The minimum Gasteiger partial charge on any atom is -0.353 e. The fourth-order valence-corrected chi connectivity index (χ4v) is 14.2. The zero-order chi connectivity index (χ0) is 51.8. The van der Waals surface area contributed by atoms with Crippen molar-refractivity contribution in [1.82, 2.24) is 31.9 Å². The van der Waals surface area contributed by atoms with Crippen LogP contribution in [0.2, 0.25) is 0 Å². The first-order valence-corrected chi connectivity index (χ1v) is 30.6. The van der Waals surface area contributed by atoms with E-state index in [4.69, 9.17) is 0 Å². The lowest BCUT2D eigenvalue weighted by atomic mass is 9.82. The number of nitrogens with one attached hydrogen (secondary N) is 6. The summed E-state index contributed by atoms with van der Waals surface area (Å²) in [4.78, 5) is 79.3. The van der Waals surface area contributed by atoms with Crippen LogP contribution < -0.4 is 31.9 Å². The van der Waals surface area contributed by atoms with E-state index in [-0.39, 0.29) is 97.4 Å². The van der Waals surface area contributed by atoms with Gasteiger partial charge in [0.15, 0.2) is 0 Å². The molecule has 0 saturated heterocycles. The van der Waals surface area contributed by atoms with Gasteiger partial charge in [-0.25, -0.2) is 0 Å². The largest absolute Gasteiger partial charge is 0.353 e. The predicted octanol–water partition coefficient (Wildman–Crippen LogP) is 11.3. The maximum Gasteiger partial charge on any atom is 0.224 e. The summed E-state index contributed by atoms with van der Waals surface area (Å²) in [5.74, 6) is 1.77. The van der Waals surface area contributed by atoms with Crippen LogP contribution in [0.25, 0.3) is 0 Å². The first-order chi connectivity index (χ1) is 34.8. The summed E-state index contributed by atoms with van der Waals surface area (Å²) >= 11 is 0. The van der Waals surface area contributed by atoms with Crippen LogP contribution in [-0.4, -0.2) is 71.7 Å². The zero-order valence-electron chi connectivity index (χ0n) is 46.6. The van der Waals surface area contributed by atoms with Gasteiger partial charge in [-0.2, -0.15) is 0 Å². The molecule has 12 atom stereocenters. The van der Waals surface area contributed by atoms with E-state index in [0.717, 1.165) is 154 Å². The Morgan fingerprint density at radius 2 is 0.611 bits per heavy atom. The van der Waals surface area contributed by atoms with Crippen molar-refractivity contribution in [1.29, 1.82) is 0 Å². The van der Waals surface area contributed by atoms with E-state index in [1.165, 1.54) is 38.5 Å². The lowest BCUT2D eigenvalue weighted by molar-refractivity contribution is -0.135. The van der Waals surface area contributed by atoms with E-state index in [0.29, 0.717) is 35.5 Å². The van der Waals surface area contributed by atoms with E-state index < -0.39 is 11.8 Å². The lowest BCUT2D eigenvalue weighted by Gasteiger charge is -2.34. The van der Waals surface area contributed by atoms with E-state index in [1.807, 2.05) is 0 Å². The van der Waals surface area contributed by atoms with Crippen LogP contribution in [0.3, 0.4) is 0 Å². The van der Waals surface area contributed by atoms with Crippen LogP contribution >= 0.6 is 0 Å². The Balaban J connectivity index is 0.000000267. The van der Waals surface area contributed by atoms with Crippen LogP contribution in [0, 0.1) is 47.3 Å². The van der Waals surface area contributed by atoms with Crippen molar-refractivity contribution in [2.24, 2.45) is 47.3 Å². The highest BCUT2D eigenvalue weighted by Crippen LogP contribution is 2.32. The van der Waals surface area contributed by atoms with Crippen LogP contribution in [-0.2, 0) is 28.8 Å². The first kappa shape index (κ1) is 59.7. The molecule has 6 aliphatic carbocycles. The van der Waals surface area contributed by atoms with Crippen molar-refractivity contribution in [3.05, 3.63) is 0 Å². The highest BCUT2D eigenvalue weighted by atomic mass is 16.2. The van der Waals surface area contributed by atoms with Crippen molar-refractivity contribution in [2.75, 3.05) is 0 Å². The third-order valence-corrected chi connectivity index (χ3v) is 18.9. The van der Waals surface area contributed by atoms with E-state index >= 15 is 0 Å². The molecule has 0 aromatic rings. The van der Waals surface area contributed by atoms with Gasteiger partial charge in [0.2, 0.25) is 35.4 Å². The summed E-state index contributed by atoms with van der Waals surface area (Å²) in [6, 6.07) is 1.12. The quantitative estimate of drug-likeness (QED) is 0.0629. The molecule has 0 radical (unpaired) electrons. The molecule has 0 bridgehead atoms. The van der Waals surface area contributed by atoms with Gasteiger partial charge in [-0.15, -0.1) is 0 Å². The van der Waals surface area contributed by atoms with Crippen LogP contribution in [0.5, 0.6) is 0 Å². The van der Waals surface area contributed by atoms with Gasteiger partial charge in [0, 0.05) is 61.9 Å². The second-order valence-electron chi connectivity index (χ2n) is 24.1. The van der Waals surface area contributed by atoms with Crippen molar-refractivity contribution in [2.45, 2.75) is 296 Å². The van der Waals surface area contributed by atoms with Gasteiger partial charge in [-0.3, -0.25) is 28.8 Å². The van der Waals surface area contributed by atoms with E-state index in [9.17, 15) is 28.8 Å². The Morgan fingerprint density at radius 1 is 0.319 bits per heavy atom. The molecule has 12 heteroatoms. The van der Waals surface area contributed by atoms with Crippen molar-refractivity contribution in [3.8, 4) is 0 Å². The highest BCUT2D eigenvalue weighted by molar-refractivity contribution is 5.91. The third kappa shape index (κ3) is 20.2. The molecule has 6 rings (SSSR count). The van der Waals surface area contributed by atoms with Crippen molar-refractivity contribution in [3.63, 3.8) is 0 Å². The molecule has 6 aliphatic rings. The van der Waals surface area contributed by atoms with Crippen molar-refractivity contribution < 1.29 is 28.8 Å². The van der Waals surface area contributed by atoms with Gasteiger partial charge in [-0.1, -0.05) is 157 Å². The normalized spacial score (nSPS) is 31.8. The Labute approximate surface area is 438 Å². The standard InChI is InChI=1S/2C30H53N3O3/c1-4-21-10-7-13-25(16-21)31-28(34)19-24(30(36)33-27-15-9-12-23(6-3)18-27)20-29(35)32-26-14-8-11-22(5-2)17-26;1-4-21-13-7-10-16-25(21)31-28(34)19-24(30(36)33-27-18-12-9-15-23(27)6-3)20-29(35)32-26-17-11-8-14-22(26)5-2/h2*21-27H,4-20H2,1-3H3,(H,31,34)(H,32,35)(H,33,36). The van der Waals surface area contributed by atoms with E-state index in [1.54, 1.807) is 0 Å². The third-order valence-electron chi connectivity index (χ3n) is 18.9. The second-order valence-corrected chi connectivity index (χ2v) is 24.1. The number of carbonyl (C=O) groups is 6. The molecule has 6 saturated carbocycles. The summed E-state index contributed by atoms with van der Waals surface area (Å²) in [6.07, 6.45) is 33.9. The van der Waals surface area contributed by atoms with Gasteiger partial charge < -0.3 is 31.9 Å². The maximum absolute atomic E-state index is 13.5. The van der Waals surface area contributed by atoms with Gasteiger partial charge in [-0.05, 0) is 113 Å². The van der Waals surface area contributed by atoms with E-state index in [2.05, 4.69) is 73.4 Å². The molecule has 0 heterocycles. The Hall–Kier alpha value is -3.18. The molecule has 6 N–H and O–H groups in total. The fourth-order valence-electron chi connectivity index (χ4n) is 14.2. The van der Waals surface area contributed by atoms with Gasteiger partial charge in [0.1, 0.15) is 0 Å². The molecule has 12 unspecified atom stereocenters. The molecule has 0 aliphatic heterocycles. The summed E-state index contributed by atoms with van der Waals surface area (Å²) < 4.78 is 0. The molecular formula is C60H106N6O6. The smallest absolute Gasteiger partial charge is 0.224 e. The Bertz CT molecular complexity index is 1580. The topological polar surface area (TPSA) is 175 Å². The molecular weight excluding hydrogens is 901 g/mol. The highest BCUT2D eigenvalue weighted by Gasteiger charge is 2.35. The molecule has 0 aromatic carbocycles. The molecule has 0 aromatic heterocycles. The number of hydrogen-bond donors (Lipinski definition) is 6. The SMILES string of the molecule is CCC1CCCC(NC(=O)CC(CC(=O)NC2CCCC(CC)C2)C(=O)NC2CCCC(CC)C2)C1.CCC1CCCCC1NC(=O)CC(CC(=O)NC1CCCCC1CC)C(=O)NC1CCCCC1CC. The van der Waals surface area contributed by atoms with Gasteiger partial charge in [0.05, 0.1) is 11.8 Å². The minimum absolute atomic E-state index is 0.0758. The maximum atomic E-state index is 13.5. The average Bonchev–Trinajstić information content (AvgIpc) is 3.39. The molecule has 12 nitrogen and oxygen atoms in total. The molecule has 6 amide bonds. The number of amides is 6. The molecule has 72 heavy (non-hydrogen) atoms. The van der Waals surface area contributed by atoms with Gasteiger partial charge in [0.25, 0.3) is 0 Å². The number of rotatable bonds is 22.